The van der Waals surface area contributed by atoms with E-state index in [0.717, 1.165) is 0 Å². The highest BCUT2D eigenvalue weighted by Gasteiger charge is 2.11. The summed E-state index contributed by atoms with van der Waals surface area (Å²) in [4.78, 5) is 23.5. The van der Waals surface area contributed by atoms with Crippen molar-refractivity contribution in [1.82, 2.24) is 0 Å². The summed E-state index contributed by atoms with van der Waals surface area (Å²) in [5.74, 6) is -0.666. The fourth-order valence-electron chi connectivity index (χ4n) is 1.91. The molecule has 0 spiro atoms. The molecule has 0 atom stereocenters. The molecule has 0 unspecified atom stereocenters. The van der Waals surface area contributed by atoms with Crippen LogP contribution in [-0.4, -0.2) is 18.5 Å². The molecule has 0 saturated heterocycles. The van der Waals surface area contributed by atoms with Crippen molar-refractivity contribution in [2.45, 2.75) is 19.8 Å². The second-order valence-electron chi connectivity index (χ2n) is 5.35. The zero-order valence-electron chi connectivity index (χ0n) is 13.0. The number of amides is 1. The quantitative estimate of drug-likeness (QED) is 0.521. The third kappa shape index (κ3) is 4.81. The fourth-order valence-corrected chi connectivity index (χ4v) is 1.91. The second kappa shape index (κ2) is 7.40. The highest BCUT2D eigenvalue weighted by atomic mass is 16.5. The minimum absolute atomic E-state index is 0.214. The van der Waals surface area contributed by atoms with Gasteiger partial charge in [0.2, 0.25) is 0 Å². The minimum Gasteiger partial charge on any atom is -0.619 e. The van der Waals surface area contributed by atoms with Gasteiger partial charge in [0.25, 0.3) is 5.91 Å². The number of rotatable bonds is 5. The zero-order chi connectivity index (χ0) is 16.8. The first-order chi connectivity index (χ1) is 11.0. The highest BCUT2D eigenvalue weighted by Crippen LogP contribution is 2.17. The van der Waals surface area contributed by atoms with E-state index in [0.29, 0.717) is 16.3 Å². The fraction of sp³-hybridized carbons (Fsp3) is 0.235. The average Bonchev–Trinajstić information content (AvgIpc) is 2.54. The first-order valence-corrected chi connectivity index (χ1v) is 7.21. The Labute approximate surface area is 134 Å². The summed E-state index contributed by atoms with van der Waals surface area (Å²) < 4.78 is 5.46. The number of esters is 1. The summed E-state index contributed by atoms with van der Waals surface area (Å²) in [5, 5.41) is 13.5. The standard InChI is InChI=1S/C17H18N2O4/c1-12(2)13-3-5-15(6-4-13)18-16(20)11-23-17(21)14-7-9-19(22)10-8-14/h3-10,12H,11H2,1-2H3,(H,18,20). The van der Waals surface area contributed by atoms with Crippen LogP contribution in [0.15, 0.2) is 48.8 Å². The zero-order valence-corrected chi connectivity index (χ0v) is 13.0. The van der Waals surface area contributed by atoms with Crippen LogP contribution in [-0.2, 0) is 9.53 Å². The van der Waals surface area contributed by atoms with Crippen LogP contribution in [0.2, 0.25) is 0 Å². The first-order valence-electron chi connectivity index (χ1n) is 7.21. The van der Waals surface area contributed by atoms with Gasteiger partial charge in [-0.1, -0.05) is 26.0 Å². The van der Waals surface area contributed by atoms with Crippen LogP contribution in [0, 0.1) is 5.21 Å². The molecule has 0 radical (unpaired) electrons. The van der Waals surface area contributed by atoms with Crippen LogP contribution in [0.1, 0.15) is 35.7 Å². The van der Waals surface area contributed by atoms with E-state index in [1.54, 1.807) is 12.1 Å². The Morgan fingerprint density at radius 2 is 1.74 bits per heavy atom. The van der Waals surface area contributed by atoms with Crippen molar-refractivity contribution < 1.29 is 19.1 Å². The van der Waals surface area contributed by atoms with Gasteiger partial charge in [-0.05, 0) is 23.6 Å². The molecule has 23 heavy (non-hydrogen) atoms. The molecule has 6 heteroatoms. The average molecular weight is 314 g/mol. The molecule has 0 saturated carbocycles. The van der Waals surface area contributed by atoms with Gasteiger partial charge in [-0.3, -0.25) is 4.79 Å². The maximum atomic E-state index is 11.8. The van der Waals surface area contributed by atoms with Crippen molar-refractivity contribution in [3.63, 3.8) is 0 Å². The van der Waals surface area contributed by atoms with E-state index < -0.39 is 18.5 Å². The molecule has 2 aromatic rings. The third-order valence-electron chi connectivity index (χ3n) is 3.23. The summed E-state index contributed by atoms with van der Waals surface area (Å²) in [7, 11) is 0. The van der Waals surface area contributed by atoms with Crippen molar-refractivity contribution >= 4 is 17.6 Å². The summed E-state index contributed by atoms with van der Waals surface area (Å²) in [6.45, 7) is 3.78. The van der Waals surface area contributed by atoms with E-state index in [-0.39, 0.29) is 5.56 Å². The second-order valence-corrected chi connectivity index (χ2v) is 5.35. The molecule has 0 bridgehead atoms. The van der Waals surface area contributed by atoms with Crippen LogP contribution in [0.4, 0.5) is 5.69 Å². The molecule has 0 fully saturated rings. The molecule has 1 aromatic heterocycles. The largest absolute Gasteiger partial charge is 0.619 e. The SMILES string of the molecule is CC(C)c1ccc(NC(=O)COC(=O)c2cc[n+]([O-])cc2)cc1. The maximum absolute atomic E-state index is 11.8. The molecular formula is C17H18N2O4. The molecule has 1 N–H and O–H groups in total. The lowest BCUT2D eigenvalue weighted by Gasteiger charge is -2.09. The lowest BCUT2D eigenvalue weighted by atomic mass is 10.0. The van der Waals surface area contributed by atoms with Crippen LogP contribution >= 0.6 is 0 Å². The summed E-state index contributed by atoms with van der Waals surface area (Å²) in [6.07, 6.45) is 2.37. The summed E-state index contributed by atoms with van der Waals surface area (Å²) in [6, 6.07) is 10.1. The van der Waals surface area contributed by atoms with Crippen LogP contribution in [0.25, 0.3) is 0 Å². The number of benzene rings is 1. The number of ether oxygens (including phenoxy) is 1. The third-order valence-corrected chi connectivity index (χ3v) is 3.23. The van der Waals surface area contributed by atoms with Crippen molar-refractivity contribution in [3.8, 4) is 0 Å². The molecule has 0 aliphatic rings. The summed E-state index contributed by atoms with van der Waals surface area (Å²) >= 11 is 0. The molecule has 2 rings (SSSR count). The van der Waals surface area contributed by atoms with E-state index in [1.165, 1.54) is 30.1 Å². The normalized spacial score (nSPS) is 10.4. The lowest BCUT2D eigenvalue weighted by molar-refractivity contribution is -0.605. The van der Waals surface area contributed by atoms with E-state index >= 15 is 0 Å². The molecule has 1 heterocycles. The Kier molecular flexibility index (Phi) is 5.30. The van der Waals surface area contributed by atoms with Gasteiger partial charge in [0, 0.05) is 17.8 Å². The Hall–Kier alpha value is -2.89. The topological polar surface area (TPSA) is 82.3 Å². The minimum atomic E-state index is -0.657. The van der Waals surface area contributed by atoms with E-state index in [1.807, 2.05) is 12.1 Å². The Morgan fingerprint density at radius 3 is 2.30 bits per heavy atom. The van der Waals surface area contributed by atoms with Gasteiger partial charge in [-0.25, -0.2) is 4.79 Å². The number of pyridine rings is 1. The van der Waals surface area contributed by atoms with Gasteiger partial charge in [0.05, 0.1) is 5.56 Å². The van der Waals surface area contributed by atoms with Crippen molar-refractivity contribution in [1.29, 1.82) is 0 Å². The van der Waals surface area contributed by atoms with Crippen LogP contribution in [0.3, 0.4) is 0 Å². The Morgan fingerprint density at radius 1 is 1.13 bits per heavy atom. The van der Waals surface area contributed by atoms with Crippen molar-refractivity contribution in [2.24, 2.45) is 0 Å². The highest BCUT2D eigenvalue weighted by molar-refractivity contribution is 5.95. The molecule has 0 aliphatic carbocycles. The van der Waals surface area contributed by atoms with E-state index in [4.69, 9.17) is 4.74 Å². The van der Waals surface area contributed by atoms with Crippen molar-refractivity contribution in [3.05, 3.63) is 65.1 Å². The Bertz CT molecular complexity index is 679. The number of carbonyl (C=O) groups excluding carboxylic acids is 2. The van der Waals surface area contributed by atoms with Gasteiger partial charge < -0.3 is 15.3 Å². The smallest absolute Gasteiger partial charge is 0.339 e. The molecular weight excluding hydrogens is 296 g/mol. The predicted octanol–water partition coefficient (Wildman–Crippen LogP) is 2.24. The van der Waals surface area contributed by atoms with Crippen molar-refractivity contribution in [2.75, 3.05) is 11.9 Å². The van der Waals surface area contributed by atoms with Crippen LogP contribution < -0.4 is 10.0 Å². The molecule has 0 aliphatic heterocycles. The predicted molar refractivity (Wildman–Crippen MR) is 84.8 cm³/mol. The van der Waals surface area contributed by atoms with Gasteiger partial charge in [0.1, 0.15) is 0 Å². The van der Waals surface area contributed by atoms with E-state index in [2.05, 4.69) is 19.2 Å². The van der Waals surface area contributed by atoms with Crippen LogP contribution in [0.5, 0.6) is 0 Å². The number of hydrogen-bond acceptors (Lipinski definition) is 4. The number of hydrogen-bond donors (Lipinski definition) is 1. The number of nitrogens with one attached hydrogen (secondary N) is 1. The van der Waals surface area contributed by atoms with Gasteiger partial charge >= 0.3 is 5.97 Å². The first kappa shape index (κ1) is 16.5. The molecule has 120 valence electrons. The van der Waals surface area contributed by atoms with Gasteiger partial charge in [-0.15, -0.1) is 0 Å². The maximum Gasteiger partial charge on any atom is 0.339 e. The summed E-state index contributed by atoms with van der Waals surface area (Å²) in [5.41, 5.74) is 2.03. The lowest BCUT2D eigenvalue weighted by Crippen LogP contribution is -2.25. The number of aromatic nitrogens is 1. The molecule has 1 amide bonds. The molecule has 6 nitrogen and oxygen atoms in total. The van der Waals surface area contributed by atoms with E-state index in [9.17, 15) is 14.8 Å². The van der Waals surface area contributed by atoms with Gasteiger partial charge in [-0.2, -0.15) is 4.73 Å². The number of anilines is 1. The number of nitrogens with zero attached hydrogens (tertiary/aromatic N) is 1. The number of carbonyl (C=O) groups is 2. The monoisotopic (exact) mass is 314 g/mol. The molecule has 1 aromatic carbocycles. The van der Waals surface area contributed by atoms with Gasteiger partial charge in [0.15, 0.2) is 19.0 Å². The Balaban J connectivity index is 1.85.